The quantitative estimate of drug-likeness (QED) is 0.593. The Morgan fingerprint density at radius 3 is 2.90 bits per heavy atom. The van der Waals surface area contributed by atoms with E-state index in [0.717, 1.165) is 5.75 Å². The Bertz CT molecular complexity index is 85.0. The smallest absolute Gasteiger partial charge is 0.306 e. The highest BCUT2D eigenvalue weighted by Crippen LogP contribution is 1.96. The highest BCUT2D eigenvalue weighted by molar-refractivity contribution is 7.98. The Morgan fingerprint density at radius 1 is 1.70 bits per heavy atom. The second-order valence-corrected chi connectivity index (χ2v) is 2.67. The maximum Gasteiger partial charge on any atom is 0.306 e. The van der Waals surface area contributed by atoms with Crippen LogP contribution in [0.4, 0.5) is 0 Å². The van der Waals surface area contributed by atoms with E-state index in [2.05, 4.69) is 4.74 Å². The van der Waals surface area contributed by atoms with E-state index < -0.39 is 0 Å². The van der Waals surface area contributed by atoms with Crippen LogP contribution in [0, 0.1) is 0 Å². The van der Waals surface area contributed by atoms with Gasteiger partial charge in [0.2, 0.25) is 0 Å². The first-order chi connectivity index (χ1) is 4.81. The van der Waals surface area contributed by atoms with Crippen LogP contribution >= 0.6 is 11.8 Å². The summed E-state index contributed by atoms with van der Waals surface area (Å²) in [5.74, 6) is 0.549. The molecular weight excluding hydrogens is 152 g/mol. The van der Waals surface area contributed by atoms with Crippen LogP contribution in [0.25, 0.3) is 0 Å². The van der Waals surface area contributed by atoms with Gasteiger partial charge in [-0.2, -0.15) is 11.8 Å². The molecule has 0 aliphatic rings. The molecule has 0 aliphatic carbocycles. The van der Waals surface area contributed by atoms with E-state index in [0.29, 0.717) is 6.42 Å². The van der Waals surface area contributed by atoms with Gasteiger partial charge in [0.05, 0.1) is 13.0 Å². The molecule has 0 fully saturated rings. The maximum atomic E-state index is 10.6. The van der Waals surface area contributed by atoms with E-state index in [9.17, 15) is 4.79 Å². The summed E-state index contributed by atoms with van der Waals surface area (Å²) in [4.78, 5) is 10.6. The van der Waals surface area contributed by atoms with Crippen LogP contribution in [0.5, 0.6) is 0 Å². The summed E-state index contributed by atoms with van der Waals surface area (Å²) in [5.41, 5.74) is 0. The fraction of sp³-hybridized carbons (Fsp3) is 0.833. The molecule has 0 saturated heterocycles. The maximum absolute atomic E-state index is 10.6. The average Bonchev–Trinajstić information content (AvgIpc) is 1.97. The number of thioether (sulfide) groups is 1. The summed E-state index contributed by atoms with van der Waals surface area (Å²) in [6.07, 6.45) is 2.36. The lowest BCUT2D eigenvalue weighted by atomic mass is 10.5. The average molecular weight is 164 g/mol. The number of aliphatic hydroxyl groups is 1. The predicted molar refractivity (Wildman–Crippen MR) is 41.0 cm³/mol. The predicted octanol–water partition coefficient (Wildman–Crippen LogP) is 0.275. The van der Waals surface area contributed by atoms with Crippen LogP contribution in [0.2, 0.25) is 0 Å². The molecule has 0 heterocycles. The number of carbonyl (C=O) groups is 1. The number of carbonyl (C=O) groups excluding carboxylic acids is 1. The Labute approximate surface area is 64.8 Å². The molecule has 0 radical (unpaired) electrons. The van der Waals surface area contributed by atoms with Gasteiger partial charge >= 0.3 is 5.97 Å². The Kier molecular flexibility index (Phi) is 6.74. The van der Waals surface area contributed by atoms with E-state index in [1.165, 1.54) is 0 Å². The van der Waals surface area contributed by atoms with Gasteiger partial charge in [-0.15, -0.1) is 0 Å². The van der Waals surface area contributed by atoms with Crippen molar-refractivity contribution in [3.63, 3.8) is 0 Å². The molecule has 60 valence electrons. The fourth-order valence-electron chi connectivity index (χ4n) is 0.417. The topological polar surface area (TPSA) is 46.5 Å². The molecule has 3 nitrogen and oxygen atoms in total. The molecule has 0 unspecified atom stereocenters. The first kappa shape index (κ1) is 9.78. The summed E-state index contributed by atoms with van der Waals surface area (Å²) >= 11 is 1.60. The van der Waals surface area contributed by atoms with Crippen molar-refractivity contribution in [2.45, 2.75) is 6.42 Å². The monoisotopic (exact) mass is 164 g/mol. The first-order valence-electron chi connectivity index (χ1n) is 3.06. The molecule has 0 aromatic heterocycles. The van der Waals surface area contributed by atoms with Crippen molar-refractivity contribution >= 4 is 17.7 Å². The molecule has 4 heteroatoms. The van der Waals surface area contributed by atoms with Crippen LogP contribution in [0.1, 0.15) is 6.42 Å². The van der Waals surface area contributed by atoms with Gasteiger partial charge in [-0.3, -0.25) is 4.79 Å². The van der Waals surface area contributed by atoms with E-state index in [4.69, 9.17) is 5.11 Å². The third-order valence-corrected chi connectivity index (χ3v) is 1.48. The highest BCUT2D eigenvalue weighted by Gasteiger charge is 1.99. The van der Waals surface area contributed by atoms with E-state index in [1.807, 2.05) is 6.26 Å². The number of hydrogen-bond donors (Lipinski definition) is 1. The lowest BCUT2D eigenvalue weighted by Crippen LogP contribution is -2.08. The number of ether oxygens (including phenoxy) is 1. The van der Waals surface area contributed by atoms with Crippen molar-refractivity contribution in [1.29, 1.82) is 0 Å². The number of esters is 1. The molecule has 0 aromatic rings. The van der Waals surface area contributed by atoms with Crippen LogP contribution in [0.3, 0.4) is 0 Å². The molecule has 0 spiro atoms. The molecule has 10 heavy (non-hydrogen) atoms. The largest absolute Gasteiger partial charge is 0.463 e. The Balaban J connectivity index is 3.09. The van der Waals surface area contributed by atoms with Crippen LogP contribution in [0.15, 0.2) is 0 Å². The third-order valence-electron chi connectivity index (χ3n) is 0.865. The molecule has 0 atom stereocenters. The molecule has 0 aliphatic heterocycles. The van der Waals surface area contributed by atoms with Gasteiger partial charge in [-0.25, -0.2) is 0 Å². The molecule has 0 bridgehead atoms. The molecule has 0 saturated carbocycles. The molecule has 0 amide bonds. The van der Waals surface area contributed by atoms with Crippen molar-refractivity contribution in [2.75, 3.05) is 25.2 Å². The lowest BCUT2D eigenvalue weighted by molar-refractivity contribution is -0.144. The molecule has 0 aromatic carbocycles. The number of aliphatic hydroxyl groups excluding tert-OH is 1. The second-order valence-electron chi connectivity index (χ2n) is 1.69. The minimum Gasteiger partial charge on any atom is -0.463 e. The van der Waals surface area contributed by atoms with E-state index in [1.54, 1.807) is 11.8 Å². The van der Waals surface area contributed by atoms with Gasteiger partial charge in [0.15, 0.2) is 0 Å². The molecule has 0 rings (SSSR count). The van der Waals surface area contributed by atoms with E-state index in [-0.39, 0.29) is 19.2 Å². The zero-order chi connectivity index (χ0) is 7.82. The van der Waals surface area contributed by atoms with Gasteiger partial charge in [0.25, 0.3) is 0 Å². The van der Waals surface area contributed by atoms with Crippen molar-refractivity contribution < 1.29 is 14.6 Å². The Morgan fingerprint density at radius 2 is 2.40 bits per heavy atom. The summed E-state index contributed by atoms with van der Waals surface area (Å²) in [5, 5.41) is 8.26. The van der Waals surface area contributed by atoms with Gasteiger partial charge in [0.1, 0.15) is 6.61 Å². The summed E-state index contributed by atoms with van der Waals surface area (Å²) in [6.45, 7) is 0.0260. The fourth-order valence-corrected chi connectivity index (χ4v) is 0.788. The van der Waals surface area contributed by atoms with Crippen molar-refractivity contribution in [1.82, 2.24) is 0 Å². The SMILES string of the molecule is CSCCC(=O)OCCO. The van der Waals surface area contributed by atoms with Crippen LogP contribution in [-0.4, -0.2) is 36.3 Å². The summed E-state index contributed by atoms with van der Waals surface area (Å²) in [6, 6.07) is 0. The number of hydrogen-bond acceptors (Lipinski definition) is 4. The van der Waals surface area contributed by atoms with Gasteiger partial charge in [0, 0.05) is 5.75 Å². The van der Waals surface area contributed by atoms with Gasteiger partial charge in [-0.1, -0.05) is 0 Å². The van der Waals surface area contributed by atoms with Crippen molar-refractivity contribution in [3.8, 4) is 0 Å². The van der Waals surface area contributed by atoms with Crippen LogP contribution < -0.4 is 0 Å². The van der Waals surface area contributed by atoms with Gasteiger partial charge in [-0.05, 0) is 6.26 Å². The summed E-state index contributed by atoms with van der Waals surface area (Å²) in [7, 11) is 0. The zero-order valence-corrected chi connectivity index (χ0v) is 6.82. The zero-order valence-electron chi connectivity index (χ0n) is 6.00. The molecule has 1 N–H and O–H groups in total. The second kappa shape index (κ2) is 6.89. The Hall–Kier alpha value is -0.220. The van der Waals surface area contributed by atoms with Gasteiger partial charge < -0.3 is 9.84 Å². The standard InChI is InChI=1S/C6H12O3S/c1-10-5-2-6(8)9-4-3-7/h7H,2-5H2,1H3. The summed E-state index contributed by atoms with van der Waals surface area (Å²) < 4.78 is 4.59. The highest BCUT2D eigenvalue weighted by atomic mass is 32.2. The normalized spacial score (nSPS) is 9.40. The first-order valence-corrected chi connectivity index (χ1v) is 4.46. The lowest BCUT2D eigenvalue weighted by Gasteiger charge is -1.99. The number of rotatable bonds is 5. The minimum absolute atomic E-state index is 0.0923. The third kappa shape index (κ3) is 5.91. The van der Waals surface area contributed by atoms with E-state index >= 15 is 0 Å². The van der Waals surface area contributed by atoms with Crippen molar-refractivity contribution in [2.24, 2.45) is 0 Å². The van der Waals surface area contributed by atoms with Crippen LogP contribution in [-0.2, 0) is 9.53 Å². The molecular formula is C6H12O3S. The minimum atomic E-state index is -0.233. The van der Waals surface area contributed by atoms with Crippen molar-refractivity contribution in [3.05, 3.63) is 0 Å².